The summed E-state index contributed by atoms with van der Waals surface area (Å²) in [4.78, 5) is 0. The first kappa shape index (κ1) is 15.7. The molecule has 0 spiro atoms. The first-order valence-corrected chi connectivity index (χ1v) is 6.67. The fraction of sp³-hybridized carbons (Fsp3) is 0.538. The lowest BCUT2D eigenvalue weighted by Crippen LogP contribution is -2.27. The maximum atomic E-state index is 13.9. The van der Waals surface area contributed by atoms with Crippen molar-refractivity contribution in [1.29, 1.82) is 0 Å². The Morgan fingerprint density at radius 1 is 1.22 bits per heavy atom. The quantitative estimate of drug-likeness (QED) is 0.808. The number of benzene rings is 1. The van der Waals surface area contributed by atoms with Crippen LogP contribution in [0.3, 0.4) is 0 Å². The van der Waals surface area contributed by atoms with E-state index in [1.54, 1.807) is 0 Å². The highest BCUT2D eigenvalue weighted by Gasteiger charge is 2.24. The Bertz CT molecular complexity index is 412. The minimum atomic E-state index is -0.866. The van der Waals surface area contributed by atoms with Gasteiger partial charge >= 0.3 is 0 Å². The Labute approximate surface area is 117 Å². The second kappa shape index (κ2) is 6.71. The number of hydrogen-bond acceptors (Lipinski definition) is 2. The average molecular weight is 294 g/mol. The number of aliphatic hydroxyl groups is 1. The molecular weight excluding hydrogens is 276 g/mol. The van der Waals surface area contributed by atoms with Gasteiger partial charge in [0.1, 0.15) is 5.82 Å². The van der Waals surface area contributed by atoms with Gasteiger partial charge in [0.05, 0.1) is 17.2 Å². The van der Waals surface area contributed by atoms with Gasteiger partial charge in [-0.25, -0.2) is 4.39 Å². The molecule has 0 bridgehead atoms. The molecule has 18 heavy (non-hydrogen) atoms. The van der Waals surface area contributed by atoms with Crippen molar-refractivity contribution in [3.05, 3.63) is 33.6 Å². The fourth-order valence-electron chi connectivity index (χ4n) is 1.72. The van der Waals surface area contributed by atoms with E-state index in [-0.39, 0.29) is 15.6 Å². The van der Waals surface area contributed by atoms with Gasteiger partial charge in [0.25, 0.3) is 0 Å². The molecule has 0 amide bonds. The molecule has 0 saturated heterocycles. The molecule has 5 heteroatoms. The van der Waals surface area contributed by atoms with E-state index in [2.05, 4.69) is 0 Å². The predicted molar refractivity (Wildman–Crippen MR) is 73.4 cm³/mol. The molecule has 1 aromatic rings. The van der Waals surface area contributed by atoms with Gasteiger partial charge in [0, 0.05) is 10.6 Å². The molecule has 0 unspecified atom stereocenters. The van der Waals surface area contributed by atoms with Gasteiger partial charge in [0.15, 0.2) is 0 Å². The Morgan fingerprint density at radius 2 is 1.78 bits per heavy atom. The van der Waals surface area contributed by atoms with Crippen LogP contribution in [0.25, 0.3) is 0 Å². The van der Waals surface area contributed by atoms with Gasteiger partial charge in [-0.3, -0.25) is 0 Å². The maximum absolute atomic E-state index is 13.9. The van der Waals surface area contributed by atoms with Gasteiger partial charge in [0.2, 0.25) is 0 Å². The van der Waals surface area contributed by atoms with E-state index in [1.165, 1.54) is 12.1 Å². The maximum Gasteiger partial charge on any atom is 0.148 e. The van der Waals surface area contributed by atoms with Crippen molar-refractivity contribution in [1.82, 2.24) is 0 Å². The predicted octanol–water partition coefficient (Wildman–Crippen LogP) is 3.93. The summed E-state index contributed by atoms with van der Waals surface area (Å²) in [6, 6.07) is 1.99. The smallest absolute Gasteiger partial charge is 0.148 e. The summed E-state index contributed by atoms with van der Waals surface area (Å²) in [7, 11) is 0. The Hall–Kier alpha value is -0.350. The molecule has 2 atom stereocenters. The Kier molecular flexibility index (Phi) is 5.86. The fourth-order valence-corrected chi connectivity index (χ4v) is 2.16. The summed E-state index contributed by atoms with van der Waals surface area (Å²) < 4.78 is 13.9. The highest BCUT2D eigenvalue weighted by Crippen LogP contribution is 2.32. The zero-order valence-electron chi connectivity index (χ0n) is 10.5. The lowest BCUT2D eigenvalue weighted by molar-refractivity contribution is 0.127. The van der Waals surface area contributed by atoms with Crippen LogP contribution in [0.5, 0.6) is 0 Å². The van der Waals surface area contributed by atoms with Crippen LogP contribution in [-0.2, 0) is 0 Å². The molecule has 0 fully saturated rings. The van der Waals surface area contributed by atoms with Crippen molar-refractivity contribution in [2.75, 3.05) is 0 Å². The molecule has 0 aliphatic rings. The van der Waals surface area contributed by atoms with E-state index >= 15 is 0 Å². The monoisotopic (exact) mass is 293 g/mol. The molecule has 0 aromatic heterocycles. The third kappa shape index (κ3) is 3.82. The molecule has 2 nitrogen and oxygen atoms in total. The number of aliphatic hydroxyl groups excluding tert-OH is 1. The molecule has 0 aliphatic carbocycles. The summed E-state index contributed by atoms with van der Waals surface area (Å²) in [5.41, 5.74) is 5.95. The summed E-state index contributed by atoms with van der Waals surface area (Å²) in [6.07, 6.45) is 0.480. The zero-order chi connectivity index (χ0) is 13.9. The van der Waals surface area contributed by atoms with Crippen LogP contribution < -0.4 is 5.73 Å². The van der Waals surface area contributed by atoms with Crippen LogP contribution in [0.1, 0.15) is 38.3 Å². The van der Waals surface area contributed by atoms with Crippen molar-refractivity contribution in [2.24, 2.45) is 11.7 Å². The highest BCUT2D eigenvalue weighted by atomic mass is 35.5. The third-order valence-electron chi connectivity index (χ3n) is 2.87. The van der Waals surface area contributed by atoms with E-state index in [0.717, 1.165) is 6.42 Å². The van der Waals surface area contributed by atoms with Crippen LogP contribution in [-0.4, -0.2) is 11.2 Å². The molecule has 1 rings (SSSR count). The van der Waals surface area contributed by atoms with E-state index < -0.39 is 18.0 Å². The van der Waals surface area contributed by atoms with Crippen LogP contribution in [0.4, 0.5) is 4.39 Å². The molecule has 0 saturated carbocycles. The van der Waals surface area contributed by atoms with Gasteiger partial charge in [-0.2, -0.15) is 0 Å². The lowest BCUT2D eigenvalue weighted by Gasteiger charge is -2.21. The molecule has 1 aromatic carbocycles. The van der Waals surface area contributed by atoms with Crippen LogP contribution in [0, 0.1) is 11.7 Å². The molecule has 0 aliphatic heterocycles. The topological polar surface area (TPSA) is 46.2 Å². The molecule has 3 N–H and O–H groups in total. The second-order valence-electron chi connectivity index (χ2n) is 4.82. The highest BCUT2D eigenvalue weighted by molar-refractivity contribution is 6.33. The minimum Gasteiger partial charge on any atom is -0.391 e. The third-order valence-corrected chi connectivity index (χ3v) is 3.49. The van der Waals surface area contributed by atoms with Crippen LogP contribution in [0.15, 0.2) is 12.1 Å². The Balaban J connectivity index is 2.89. The minimum absolute atomic E-state index is 0.0408. The number of rotatable bonds is 5. The lowest BCUT2D eigenvalue weighted by atomic mass is 9.95. The van der Waals surface area contributed by atoms with E-state index in [0.29, 0.717) is 12.3 Å². The summed E-state index contributed by atoms with van der Waals surface area (Å²) in [6.45, 7) is 4.09. The van der Waals surface area contributed by atoms with Gasteiger partial charge < -0.3 is 10.8 Å². The summed E-state index contributed by atoms with van der Waals surface area (Å²) >= 11 is 11.6. The zero-order valence-corrected chi connectivity index (χ0v) is 12.0. The van der Waals surface area contributed by atoms with Crippen molar-refractivity contribution >= 4 is 23.2 Å². The van der Waals surface area contributed by atoms with Crippen LogP contribution >= 0.6 is 23.2 Å². The number of hydrogen-bond donors (Lipinski definition) is 2. The van der Waals surface area contributed by atoms with Gasteiger partial charge in [-0.1, -0.05) is 37.0 Å². The summed E-state index contributed by atoms with van der Waals surface area (Å²) in [5.74, 6) is -0.202. The first-order valence-electron chi connectivity index (χ1n) is 5.91. The van der Waals surface area contributed by atoms with E-state index in [4.69, 9.17) is 28.9 Å². The second-order valence-corrected chi connectivity index (χ2v) is 5.64. The van der Waals surface area contributed by atoms with Crippen LogP contribution in [0.2, 0.25) is 10.0 Å². The first-order chi connectivity index (χ1) is 8.34. The summed E-state index contributed by atoms with van der Waals surface area (Å²) in [5, 5.41) is 10.1. The molecule has 0 heterocycles. The molecular formula is C13H18Cl2FNO. The van der Waals surface area contributed by atoms with Gasteiger partial charge in [-0.15, -0.1) is 0 Å². The average Bonchev–Trinajstić information content (AvgIpc) is 2.31. The van der Waals surface area contributed by atoms with Crippen molar-refractivity contribution in [3.63, 3.8) is 0 Å². The Morgan fingerprint density at radius 3 is 2.33 bits per heavy atom. The number of nitrogens with two attached hydrogens (primary N) is 1. The number of halogens is 3. The molecule has 102 valence electrons. The van der Waals surface area contributed by atoms with E-state index in [9.17, 15) is 9.50 Å². The van der Waals surface area contributed by atoms with Crippen molar-refractivity contribution < 1.29 is 9.50 Å². The largest absolute Gasteiger partial charge is 0.391 e. The molecule has 0 radical (unpaired) electrons. The SMILES string of the molecule is CC(C)CC[C@@H](O)[C@@H](N)c1c(Cl)ccc(Cl)c1F. The van der Waals surface area contributed by atoms with Gasteiger partial charge in [-0.05, 0) is 30.9 Å². The van der Waals surface area contributed by atoms with Crippen molar-refractivity contribution in [2.45, 2.75) is 38.8 Å². The normalized spacial score (nSPS) is 14.9. The van der Waals surface area contributed by atoms with Crippen molar-refractivity contribution in [3.8, 4) is 0 Å². The standard InChI is InChI=1S/C13H18Cl2FNO/c1-7(2)3-6-10(18)13(17)11-8(14)4-5-9(15)12(11)16/h4-5,7,10,13,18H,3,6,17H2,1-2H3/t10-,13-/m1/s1. The van der Waals surface area contributed by atoms with E-state index in [1.807, 2.05) is 13.8 Å².